The van der Waals surface area contributed by atoms with E-state index >= 15 is 0 Å². The molecular weight excluding hydrogens is 667 g/mol. The number of para-hydroxylation sites is 1. The molecule has 0 radical (unpaired) electrons. The minimum absolute atomic E-state index is 0.203. The molecule has 0 spiro atoms. The molecule has 1 saturated carbocycles. The Morgan fingerprint density at radius 1 is 0.811 bits per heavy atom. The van der Waals surface area contributed by atoms with Crippen LogP contribution in [0.5, 0.6) is 0 Å². The third-order valence-electron chi connectivity index (χ3n) is 11.1. The van der Waals surface area contributed by atoms with Crippen LogP contribution in [0.4, 0.5) is 5.69 Å². The Balaban J connectivity index is 1.57. The van der Waals surface area contributed by atoms with E-state index in [0.717, 1.165) is 61.9 Å². The lowest BCUT2D eigenvalue weighted by atomic mass is 9.79. The number of hydrogen-bond acceptors (Lipinski definition) is 9. The summed E-state index contributed by atoms with van der Waals surface area (Å²) >= 11 is 0. The number of likely N-dealkylation sites (N-methyl/N-ethyl adjacent to an activating group) is 1. The van der Waals surface area contributed by atoms with Crippen LogP contribution in [0.15, 0.2) is 54.6 Å². The number of carbonyl (C=O) groups is 4. The summed E-state index contributed by atoms with van der Waals surface area (Å²) < 4.78 is 0. The first-order valence-electron chi connectivity index (χ1n) is 20.1. The number of Topliss-reactive ketones (excluding diaryl/α,β-unsaturated/α-hetero) is 2. The van der Waals surface area contributed by atoms with Crippen molar-refractivity contribution >= 4 is 29.1 Å². The molecule has 2 aliphatic rings. The van der Waals surface area contributed by atoms with Gasteiger partial charge in [-0.1, -0.05) is 80.6 Å². The summed E-state index contributed by atoms with van der Waals surface area (Å²) in [5.41, 5.74) is 20.9. The standard InChI is InChI=1S/C42H65N7O4/c1-46-37(28-31-17-6-3-7-18-31)41(52)48-36(21-10-11-23-43)42(53)49-26-14-22-38(49)40(51)33(39(50)34(45)27-30-15-4-2-5-16-30)29-32-19-8-9-20-35(32)47-25-13-12-24-44/h3,6-9,17-20,30,33-34,36-38,46-47H,2,4-5,10-16,21-29,43-45H2,1H3,(H,48,52)/t33?,34-,36+,37+,38+/m1/s1. The van der Waals surface area contributed by atoms with E-state index < -0.39 is 30.1 Å². The molecule has 1 aliphatic heterocycles. The summed E-state index contributed by atoms with van der Waals surface area (Å²) in [4.78, 5) is 58.8. The summed E-state index contributed by atoms with van der Waals surface area (Å²) in [5, 5.41) is 9.61. The fraction of sp³-hybridized carbons (Fsp3) is 0.619. The molecule has 0 aromatic heterocycles. The number of hydrogen-bond donors (Lipinski definition) is 6. The molecule has 4 rings (SSSR count). The van der Waals surface area contributed by atoms with Gasteiger partial charge in [-0.25, -0.2) is 0 Å². The maximum atomic E-state index is 14.8. The van der Waals surface area contributed by atoms with E-state index in [1.54, 1.807) is 11.9 Å². The molecule has 2 aromatic carbocycles. The monoisotopic (exact) mass is 732 g/mol. The molecule has 2 fully saturated rings. The molecule has 292 valence electrons. The second-order valence-electron chi connectivity index (χ2n) is 15.1. The number of ketones is 2. The highest BCUT2D eigenvalue weighted by Gasteiger charge is 2.43. The minimum Gasteiger partial charge on any atom is -0.385 e. The van der Waals surface area contributed by atoms with Crippen molar-refractivity contribution in [3.63, 3.8) is 0 Å². The number of amides is 2. The highest BCUT2D eigenvalue weighted by Crippen LogP contribution is 2.31. The van der Waals surface area contributed by atoms with Gasteiger partial charge in [-0.05, 0) is 107 Å². The Kier molecular flexibility index (Phi) is 17.9. The average molecular weight is 732 g/mol. The Bertz CT molecular complexity index is 1430. The van der Waals surface area contributed by atoms with Crippen molar-refractivity contribution in [3.05, 3.63) is 65.7 Å². The molecule has 1 saturated heterocycles. The summed E-state index contributed by atoms with van der Waals surface area (Å²) in [5.74, 6) is -1.70. The van der Waals surface area contributed by atoms with Gasteiger partial charge >= 0.3 is 0 Å². The van der Waals surface area contributed by atoms with Gasteiger partial charge in [-0.3, -0.25) is 19.2 Å². The van der Waals surface area contributed by atoms with Crippen molar-refractivity contribution < 1.29 is 19.2 Å². The summed E-state index contributed by atoms with van der Waals surface area (Å²) in [6.07, 6.45) is 11.5. The number of rotatable bonds is 23. The van der Waals surface area contributed by atoms with Gasteiger partial charge in [-0.2, -0.15) is 0 Å². The lowest BCUT2D eigenvalue weighted by Gasteiger charge is -2.32. The molecule has 2 amide bonds. The smallest absolute Gasteiger partial charge is 0.245 e. The van der Waals surface area contributed by atoms with Gasteiger partial charge in [0, 0.05) is 18.8 Å². The van der Waals surface area contributed by atoms with Crippen LogP contribution in [-0.4, -0.2) is 85.7 Å². The number of likely N-dealkylation sites (tertiary alicyclic amines) is 1. The molecule has 11 nitrogen and oxygen atoms in total. The predicted octanol–water partition coefficient (Wildman–Crippen LogP) is 3.87. The normalized spacial score (nSPS) is 18.6. The minimum atomic E-state index is -0.996. The third-order valence-corrected chi connectivity index (χ3v) is 11.1. The summed E-state index contributed by atoms with van der Waals surface area (Å²) in [6, 6.07) is 14.6. The highest BCUT2D eigenvalue weighted by molar-refractivity contribution is 6.08. The summed E-state index contributed by atoms with van der Waals surface area (Å²) in [6.45, 7) is 2.20. The van der Waals surface area contributed by atoms with Gasteiger partial charge in [0.1, 0.15) is 6.04 Å². The topological polar surface area (TPSA) is 186 Å². The lowest BCUT2D eigenvalue weighted by Crippen LogP contribution is -2.56. The fourth-order valence-corrected chi connectivity index (χ4v) is 8.04. The maximum absolute atomic E-state index is 14.8. The predicted molar refractivity (Wildman–Crippen MR) is 212 cm³/mol. The molecule has 2 aromatic rings. The second-order valence-corrected chi connectivity index (χ2v) is 15.1. The van der Waals surface area contributed by atoms with E-state index in [1.165, 1.54) is 6.42 Å². The van der Waals surface area contributed by atoms with Crippen molar-refractivity contribution in [1.29, 1.82) is 0 Å². The van der Waals surface area contributed by atoms with Crippen molar-refractivity contribution in [2.45, 2.75) is 120 Å². The SMILES string of the molecule is CN[C@@H](Cc1ccccc1)C(=O)N[C@@H](CCCCN)C(=O)N1CCC[C@H]1C(=O)C(Cc1ccccc1NCCCCN)C(=O)[C@H](N)CC1CCCCC1. The Morgan fingerprint density at radius 2 is 1.51 bits per heavy atom. The van der Waals surface area contributed by atoms with Gasteiger partial charge in [0.25, 0.3) is 0 Å². The third kappa shape index (κ3) is 12.7. The van der Waals surface area contributed by atoms with Crippen LogP contribution < -0.4 is 33.2 Å². The zero-order valence-electron chi connectivity index (χ0n) is 31.9. The van der Waals surface area contributed by atoms with Crippen molar-refractivity contribution in [3.8, 4) is 0 Å². The van der Waals surface area contributed by atoms with Crippen LogP contribution in [0.2, 0.25) is 0 Å². The van der Waals surface area contributed by atoms with Crippen molar-refractivity contribution in [1.82, 2.24) is 15.5 Å². The molecule has 1 aliphatic carbocycles. The number of benzene rings is 2. The first-order chi connectivity index (χ1) is 25.8. The van der Waals surface area contributed by atoms with Gasteiger partial charge in [0.15, 0.2) is 11.6 Å². The number of unbranched alkanes of at least 4 members (excludes halogenated alkanes) is 2. The van der Waals surface area contributed by atoms with E-state index in [2.05, 4.69) is 16.0 Å². The van der Waals surface area contributed by atoms with Crippen LogP contribution in [0.3, 0.4) is 0 Å². The largest absolute Gasteiger partial charge is 0.385 e. The Labute approximate surface area is 317 Å². The van der Waals surface area contributed by atoms with Gasteiger partial charge in [0.05, 0.1) is 24.0 Å². The molecule has 1 heterocycles. The van der Waals surface area contributed by atoms with E-state index in [0.29, 0.717) is 70.5 Å². The molecule has 5 atom stereocenters. The van der Waals surface area contributed by atoms with Crippen molar-refractivity contribution in [2.24, 2.45) is 29.0 Å². The summed E-state index contributed by atoms with van der Waals surface area (Å²) in [7, 11) is 1.73. The van der Waals surface area contributed by atoms with Crippen molar-refractivity contribution in [2.75, 3.05) is 38.5 Å². The maximum Gasteiger partial charge on any atom is 0.245 e. The molecular formula is C42H65N7O4. The van der Waals surface area contributed by atoms with Crippen LogP contribution in [0.1, 0.15) is 94.6 Å². The lowest BCUT2D eigenvalue weighted by molar-refractivity contribution is -0.144. The van der Waals surface area contributed by atoms with Gasteiger partial charge < -0.3 is 38.1 Å². The van der Waals surface area contributed by atoms with Gasteiger partial charge in [-0.15, -0.1) is 0 Å². The molecule has 0 bridgehead atoms. The number of carbonyl (C=O) groups excluding carboxylic acids is 4. The molecule has 1 unspecified atom stereocenters. The first kappa shape index (κ1) is 42.1. The number of anilines is 1. The molecule has 11 heteroatoms. The van der Waals surface area contributed by atoms with E-state index in [1.807, 2.05) is 54.6 Å². The van der Waals surface area contributed by atoms with Crippen LogP contribution >= 0.6 is 0 Å². The fourth-order valence-electron chi connectivity index (χ4n) is 8.04. The van der Waals surface area contributed by atoms with E-state index in [4.69, 9.17) is 17.2 Å². The first-order valence-corrected chi connectivity index (χ1v) is 20.1. The van der Waals surface area contributed by atoms with E-state index in [9.17, 15) is 19.2 Å². The molecule has 9 N–H and O–H groups in total. The quantitative estimate of drug-likeness (QED) is 0.0730. The van der Waals surface area contributed by atoms with Crippen LogP contribution in [-0.2, 0) is 32.0 Å². The number of nitrogens with two attached hydrogens (primary N) is 3. The Hall–Kier alpha value is -3.64. The Morgan fingerprint density at radius 3 is 2.23 bits per heavy atom. The molecule has 53 heavy (non-hydrogen) atoms. The second kappa shape index (κ2) is 22.5. The zero-order chi connectivity index (χ0) is 38.0. The number of nitrogens with one attached hydrogen (secondary N) is 3. The van der Waals surface area contributed by atoms with Crippen LogP contribution in [0.25, 0.3) is 0 Å². The number of nitrogens with zero attached hydrogens (tertiary/aromatic N) is 1. The average Bonchev–Trinajstić information content (AvgIpc) is 3.68. The van der Waals surface area contributed by atoms with Crippen LogP contribution in [0, 0.1) is 11.8 Å². The van der Waals surface area contributed by atoms with E-state index in [-0.39, 0.29) is 29.8 Å². The highest BCUT2D eigenvalue weighted by atomic mass is 16.2. The van der Waals surface area contributed by atoms with Gasteiger partial charge in [0.2, 0.25) is 11.8 Å². The zero-order valence-corrected chi connectivity index (χ0v) is 31.9.